The molecular weight excluding hydrogens is 366 g/mol. The highest BCUT2D eigenvalue weighted by atomic mass is 79.9. The van der Waals surface area contributed by atoms with Gasteiger partial charge in [0.2, 0.25) is 5.43 Å². The maximum atomic E-state index is 12.4. The summed E-state index contributed by atoms with van der Waals surface area (Å²) in [7, 11) is 0. The van der Waals surface area contributed by atoms with Crippen LogP contribution in [0.25, 0.3) is 10.9 Å². The maximum Gasteiger partial charge on any atom is 0.343 e. The van der Waals surface area contributed by atoms with Gasteiger partial charge in [-0.2, -0.15) is 0 Å². The SMILES string of the molecule is CCOC(=O)c1c[nH]c2ccc(C(O)C(O)CCBr)cc2c1=O. The number of pyridine rings is 1. The van der Waals surface area contributed by atoms with Gasteiger partial charge >= 0.3 is 5.97 Å². The number of alkyl halides is 1. The van der Waals surface area contributed by atoms with Crippen LogP contribution in [0.15, 0.2) is 29.2 Å². The van der Waals surface area contributed by atoms with Gasteiger partial charge in [0.1, 0.15) is 11.7 Å². The molecule has 0 radical (unpaired) electrons. The number of rotatable bonds is 6. The van der Waals surface area contributed by atoms with Gasteiger partial charge in [-0.15, -0.1) is 0 Å². The molecule has 3 N–H and O–H groups in total. The predicted molar refractivity (Wildman–Crippen MR) is 89.9 cm³/mol. The fourth-order valence-electron chi connectivity index (χ4n) is 2.27. The van der Waals surface area contributed by atoms with Crippen molar-refractivity contribution in [3.8, 4) is 0 Å². The Morgan fingerprint density at radius 2 is 2.13 bits per heavy atom. The van der Waals surface area contributed by atoms with Crippen molar-refractivity contribution in [2.75, 3.05) is 11.9 Å². The van der Waals surface area contributed by atoms with Crippen LogP contribution in [0.5, 0.6) is 0 Å². The number of ether oxygens (including phenoxy) is 1. The van der Waals surface area contributed by atoms with Crippen molar-refractivity contribution in [3.63, 3.8) is 0 Å². The Hall–Kier alpha value is -1.70. The van der Waals surface area contributed by atoms with Crippen LogP contribution in [-0.4, -0.2) is 39.2 Å². The first-order valence-corrected chi connectivity index (χ1v) is 8.36. The molecule has 0 spiro atoms. The summed E-state index contributed by atoms with van der Waals surface area (Å²) in [5, 5.41) is 20.9. The van der Waals surface area contributed by atoms with Crippen molar-refractivity contribution in [1.82, 2.24) is 4.98 Å². The van der Waals surface area contributed by atoms with E-state index in [2.05, 4.69) is 20.9 Å². The number of hydrogen-bond acceptors (Lipinski definition) is 5. The third-order valence-electron chi connectivity index (χ3n) is 3.51. The molecule has 0 saturated heterocycles. The first-order chi connectivity index (χ1) is 11.0. The lowest BCUT2D eigenvalue weighted by Gasteiger charge is -2.17. The quantitative estimate of drug-likeness (QED) is 0.522. The number of fused-ring (bicyclic) bond motifs is 1. The average Bonchev–Trinajstić information content (AvgIpc) is 2.54. The van der Waals surface area contributed by atoms with Crippen LogP contribution >= 0.6 is 15.9 Å². The minimum Gasteiger partial charge on any atom is -0.462 e. The Balaban J connectivity index is 2.47. The second kappa shape index (κ2) is 7.72. The Bertz CT molecular complexity index is 758. The molecule has 124 valence electrons. The van der Waals surface area contributed by atoms with E-state index in [0.29, 0.717) is 22.8 Å². The molecule has 0 aliphatic rings. The lowest BCUT2D eigenvalue weighted by Crippen LogP contribution is -2.20. The fourth-order valence-corrected chi connectivity index (χ4v) is 2.74. The zero-order chi connectivity index (χ0) is 17.0. The lowest BCUT2D eigenvalue weighted by molar-refractivity contribution is 0.0174. The Kier molecular flexibility index (Phi) is 5.92. The van der Waals surface area contributed by atoms with Crippen LogP contribution in [0.1, 0.15) is 35.4 Å². The number of esters is 1. The summed E-state index contributed by atoms with van der Waals surface area (Å²) in [4.78, 5) is 27.1. The van der Waals surface area contributed by atoms with Crippen LogP contribution < -0.4 is 5.43 Å². The van der Waals surface area contributed by atoms with Crippen molar-refractivity contribution < 1.29 is 19.7 Å². The van der Waals surface area contributed by atoms with Gasteiger partial charge in [-0.3, -0.25) is 4.79 Å². The zero-order valence-corrected chi connectivity index (χ0v) is 14.2. The number of nitrogens with one attached hydrogen (secondary N) is 1. The Morgan fingerprint density at radius 1 is 1.39 bits per heavy atom. The van der Waals surface area contributed by atoms with Crippen LogP contribution in [-0.2, 0) is 4.74 Å². The monoisotopic (exact) mass is 383 g/mol. The Morgan fingerprint density at radius 3 is 2.78 bits per heavy atom. The topological polar surface area (TPSA) is 99.6 Å². The van der Waals surface area contributed by atoms with Crippen molar-refractivity contribution in [1.29, 1.82) is 0 Å². The van der Waals surface area contributed by atoms with E-state index < -0.39 is 23.6 Å². The van der Waals surface area contributed by atoms with Crippen LogP contribution in [0.3, 0.4) is 0 Å². The summed E-state index contributed by atoms with van der Waals surface area (Å²) in [5.41, 5.74) is 0.389. The van der Waals surface area contributed by atoms with Crippen molar-refractivity contribution in [2.24, 2.45) is 0 Å². The van der Waals surface area contributed by atoms with Gasteiger partial charge < -0.3 is 19.9 Å². The number of carbonyl (C=O) groups is 1. The number of carbonyl (C=O) groups excluding carboxylic acids is 1. The number of aliphatic hydroxyl groups is 2. The molecule has 7 heteroatoms. The predicted octanol–water partition coefficient (Wildman–Crippen LogP) is 1.88. The van der Waals surface area contributed by atoms with E-state index in [0.717, 1.165) is 0 Å². The van der Waals surface area contributed by atoms with Gasteiger partial charge in [-0.25, -0.2) is 4.79 Å². The standard InChI is InChI=1S/C16H18BrNO5/c1-2-23-16(22)11-8-18-12-4-3-9(7-10(12)15(11)21)14(20)13(19)5-6-17/h3-4,7-8,13-14,19-20H,2,5-6H2,1H3,(H,18,21). The fraction of sp³-hybridized carbons (Fsp3) is 0.375. The van der Waals surface area contributed by atoms with Gasteiger partial charge in [-0.05, 0) is 31.0 Å². The molecule has 2 aromatic rings. The van der Waals surface area contributed by atoms with Crippen LogP contribution in [0.2, 0.25) is 0 Å². The average molecular weight is 384 g/mol. The van der Waals surface area contributed by atoms with Crippen molar-refractivity contribution in [3.05, 3.63) is 45.7 Å². The highest BCUT2D eigenvalue weighted by molar-refractivity contribution is 9.09. The van der Waals surface area contributed by atoms with Crippen LogP contribution in [0, 0.1) is 0 Å². The van der Waals surface area contributed by atoms with E-state index in [1.807, 2.05) is 0 Å². The highest BCUT2D eigenvalue weighted by Gasteiger charge is 2.20. The molecule has 1 heterocycles. The third kappa shape index (κ3) is 3.80. The van der Waals surface area contributed by atoms with Gasteiger partial charge in [0.15, 0.2) is 0 Å². The smallest absolute Gasteiger partial charge is 0.343 e. The molecule has 0 saturated carbocycles. The first-order valence-electron chi connectivity index (χ1n) is 7.24. The molecule has 0 fully saturated rings. The zero-order valence-electron chi connectivity index (χ0n) is 12.6. The molecule has 1 aromatic heterocycles. The summed E-state index contributed by atoms with van der Waals surface area (Å²) in [5.74, 6) is -0.694. The number of halogens is 1. The summed E-state index contributed by atoms with van der Waals surface area (Å²) in [6.07, 6.45) is -0.363. The molecular formula is C16H18BrNO5. The molecule has 0 aliphatic heterocycles. The second-order valence-electron chi connectivity index (χ2n) is 5.05. The van der Waals surface area contributed by atoms with E-state index in [1.165, 1.54) is 12.3 Å². The van der Waals surface area contributed by atoms with E-state index >= 15 is 0 Å². The van der Waals surface area contributed by atoms with Crippen molar-refractivity contribution >= 4 is 32.8 Å². The van der Waals surface area contributed by atoms with E-state index in [-0.39, 0.29) is 17.6 Å². The number of aromatic nitrogens is 1. The Labute approximate surface area is 141 Å². The molecule has 2 rings (SSSR count). The van der Waals surface area contributed by atoms with E-state index in [9.17, 15) is 19.8 Å². The summed E-state index contributed by atoms with van der Waals surface area (Å²) >= 11 is 3.20. The number of aliphatic hydroxyl groups excluding tert-OH is 2. The number of benzene rings is 1. The van der Waals surface area contributed by atoms with Gasteiger partial charge in [-0.1, -0.05) is 22.0 Å². The highest BCUT2D eigenvalue weighted by Crippen LogP contribution is 2.22. The minimum absolute atomic E-state index is 0.0907. The largest absolute Gasteiger partial charge is 0.462 e. The number of hydrogen-bond donors (Lipinski definition) is 3. The molecule has 0 bridgehead atoms. The third-order valence-corrected chi connectivity index (χ3v) is 3.97. The van der Waals surface area contributed by atoms with Gasteiger partial charge in [0.05, 0.1) is 12.7 Å². The minimum atomic E-state index is -1.11. The van der Waals surface area contributed by atoms with Gasteiger partial charge in [0, 0.05) is 22.4 Å². The molecule has 0 aliphatic carbocycles. The summed E-state index contributed by atoms with van der Waals surface area (Å²) < 4.78 is 4.85. The van der Waals surface area contributed by atoms with E-state index in [4.69, 9.17) is 4.74 Å². The van der Waals surface area contributed by atoms with Crippen molar-refractivity contribution in [2.45, 2.75) is 25.6 Å². The maximum absolute atomic E-state index is 12.4. The lowest BCUT2D eigenvalue weighted by atomic mass is 10.00. The molecule has 2 atom stereocenters. The molecule has 23 heavy (non-hydrogen) atoms. The normalized spacial score (nSPS) is 13.7. The first kappa shape index (κ1) is 17.7. The number of aromatic amines is 1. The molecule has 1 aromatic carbocycles. The molecule has 0 amide bonds. The number of H-pyrrole nitrogens is 1. The van der Waals surface area contributed by atoms with Crippen LogP contribution in [0.4, 0.5) is 0 Å². The molecule has 6 nitrogen and oxygen atoms in total. The summed E-state index contributed by atoms with van der Waals surface area (Å²) in [6.45, 7) is 1.83. The van der Waals surface area contributed by atoms with E-state index in [1.54, 1.807) is 19.1 Å². The second-order valence-corrected chi connectivity index (χ2v) is 5.84. The van der Waals surface area contributed by atoms with Gasteiger partial charge in [0.25, 0.3) is 0 Å². The molecule has 2 unspecified atom stereocenters. The summed E-state index contributed by atoms with van der Waals surface area (Å²) in [6, 6.07) is 4.74.